The second-order valence-corrected chi connectivity index (χ2v) is 6.80. The van der Waals surface area contributed by atoms with Crippen LogP contribution >= 0.6 is 0 Å². The van der Waals surface area contributed by atoms with E-state index in [1.54, 1.807) is 13.1 Å². The van der Waals surface area contributed by atoms with Gasteiger partial charge in [0.2, 0.25) is 0 Å². The Balaban J connectivity index is 1.79. The normalized spacial score (nSPS) is 20.7. The van der Waals surface area contributed by atoms with Crippen LogP contribution in [-0.2, 0) is 11.3 Å². The molecule has 1 aromatic carbocycles. The molecule has 0 saturated carbocycles. The van der Waals surface area contributed by atoms with E-state index in [9.17, 15) is 8.78 Å². The molecule has 2 aromatic rings. The number of nitrogens with zero attached hydrogens (tertiary/aromatic N) is 3. The first kappa shape index (κ1) is 16.1. The molecule has 0 bridgehead atoms. The lowest BCUT2D eigenvalue weighted by atomic mass is 9.86. The Morgan fingerprint density at radius 2 is 2.13 bits per heavy atom. The largest absolute Gasteiger partial charge is 0.376 e. The second kappa shape index (κ2) is 6.00. The molecule has 0 unspecified atom stereocenters. The molecule has 0 spiro atoms. The van der Waals surface area contributed by atoms with Gasteiger partial charge in [-0.1, -0.05) is 11.3 Å². The number of benzene rings is 1. The molecule has 1 aliphatic heterocycles. The van der Waals surface area contributed by atoms with Crippen LogP contribution in [0.3, 0.4) is 0 Å². The third-order valence-electron chi connectivity index (χ3n) is 4.37. The molecule has 1 fully saturated rings. The first-order chi connectivity index (χ1) is 10.9. The molecule has 4 nitrogen and oxygen atoms in total. The summed E-state index contributed by atoms with van der Waals surface area (Å²) in [5.74, 6) is -0.814. The van der Waals surface area contributed by atoms with Gasteiger partial charge in [0.1, 0.15) is 11.6 Å². The maximum absolute atomic E-state index is 14.1. The number of halogens is 2. The van der Waals surface area contributed by atoms with Crippen LogP contribution in [0.4, 0.5) is 8.78 Å². The van der Waals surface area contributed by atoms with Crippen molar-refractivity contribution in [3.05, 3.63) is 46.8 Å². The van der Waals surface area contributed by atoms with Crippen LogP contribution in [0.2, 0.25) is 0 Å². The molecule has 1 atom stereocenters. The standard InChI is InChI=1S/C17H21F2N3O/c1-11-4-5-14(18)13(16(11)19)9-22-10-15(20-21-22)12-6-7-23-17(2,3)8-12/h4-5,10,12H,6-9H2,1-3H3/t12-/m1/s1. The van der Waals surface area contributed by atoms with E-state index in [1.807, 2.05) is 0 Å². The molecule has 0 radical (unpaired) electrons. The Hall–Kier alpha value is -1.82. The fourth-order valence-corrected chi connectivity index (χ4v) is 3.08. The van der Waals surface area contributed by atoms with Gasteiger partial charge in [-0.3, -0.25) is 0 Å². The van der Waals surface area contributed by atoms with Crippen molar-refractivity contribution in [1.82, 2.24) is 15.0 Å². The van der Waals surface area contributed by atoms with Crippen molar-refractivity contribution < 1.29 is 13.5 Å². The van der Waals surface area contributed by atoms with Crippen LogP contribution in [0.1, 0.15) is 49.4 Å². The van der Waals surface area contributed by atoms with Gasteiger partial charge in [0.25, 0.3) is 0 Å². The molecular weight excluding hydrogens is 300 g/mol. The SMILES string of the molecule is Cc1ccc(F)c(Cn2cc([C@@H]3CCOC(C)(C)C3)nn2)c1F. The second-order valence-electron chi connectivity index (χ2n) is 6.80. The number of hydrogen-bond donors (Lipinski definition) is 0. The van der Waals surface area contributed by atoms with Gasteiger partial charge in [0.15, 0.2) is 0 Å². The highest BCUT2D eigenvalue weighted by atomic mass is 19.1. The fraction of sp³-hybridized carbons (Fsp3) is 0.529. The minimum atomic E-state index is -0.558. The number of hydrogen-bond acceptors (Lipinski definition) is 3. The monoisotopic (exact) mass is 321 g/mol. The van der Waals surface area contributed by atoms with Crippen LogP contribution in [0.15, 0.2) is 18.3 Å². The predicted molar refractivity (Wildman–Crippen MR) is 82.2 cm³/mol. The van der Waals surface area contributed by atoms with Crippen LogP contribution in [0.25, 0.3) is 0 Å². The summed E-state index contributed by atoms with van der Waals surface area (Å²) >= 11 is 0. The van der Waals surface area contributed by atoms with Gasteiger partial charge in [0.05, 0.1) is 17.8 Å². The van der Waals surface area contributed by atoms with Gasteiger partial charge in [0, 0.05) is 24.3 Å². The topological polar surface area (TPSA) is 39.9 Å². The summed E-state index contributed by atoms with van der Waals surface area (Å²) in [6.07, 6.45) is 3.53. The number of aromatic nitrogens is 3. The Morgan fingerprint density at radius 3 is 2.87 bits per heavy atom. The van der Waals surface area contributed by atoms with Crippen LogP contribution in [0.5, 0.6) is 0 Å². The van der Waals surface area contributed by atoms with Crippen molar-refractivity contribution in [2.75, 3.05) is 6.61 Å². The molecule has 124 valence electrons. The van der Waals surface area contributed by atoms with Gasteiger partial charge in [-0.25, -0.2) is 13.5 Å². The van der Waals surface area contributed by atoms with E-state index in [2.05, 4.69) is 24.2 Å². The summed E-state index contributed by atoms with van der Waals surface area (Å²) in [5, 5.41) is 8.23. The Bertz CT molecular complexity index is 712. The van der Waals surface area contributed by atoms with Crippen molar-refractivity contribution >= 4 is 0 Å². The lowest BCUT2D eigenvalue weighted by molar-refractivity contribution is -0.0597. The van der Waals surface area contributed by atoms with Crippen molar-refractivity contribution in [1.29, 1.82) is 0 Å². The van der Waals surface area contributed by atoms with Gasteiger partial charge in [-0.15, -0.1) is 5.10 Å². The molecule has 1 saturated heterocycles. The van der Waals surface area contributed by atoms with Gasteiger partial charge in [-0.2, -0.15) is 0 Å². The molecule has 23 heavy (non-hydrogen) atoms. The Morgan fingerprint density at radius 1 is 1.35 bits per heavy atom. The zero-order chi connectivity index (χ0) is 16.6. The molecule has 3 rings (SSSR count). The van der Waals surface area contributed by atoms with Crippen molar-refractivity contribution in [2.24, 2.45) is 0 Å². The molecular formula is C17H21F2N3O. The highest BCUT2D eigenvalue weighted by molar-refractivity contribution is 5.26. The molecule has 6 heteroatoms. The molecule has 1 aliphatic rings. The Kier molecular flexibility index (Phi) is 4.19. The fourth-order valence-electron chi connectivity index (χ4n) is 3.08. The first-order valence-electron chi connectivity index (χ1n) is 7.83. The lowest BCUT2D eigenvalue weighted by Gasteiger charge is -2.34. The van der Waals surface area contributed by atoms with E-state index in [0.29, 0.717) is 12.2 Å². The summed E-state index contributed by atoms with van der Waals surface area (Å²) in [7, 11) is 0. The average Bonchev–Trinajstić information content (AvgIpc) is 2.95. The van der Waals surface area contributed by atoms with Crippen molar-refractivity contribution in [2.45, 2.75) is 51.7 Å². The minimum Gasteiger partial charge on any atom is -0.376 e. The Labute approximate surface area is 134 Å². The van der Waals surface area contributed by atoms with E-state index in [-0.39, 0.29) is 23.6 Å². The lowest BCUT2D eigenvalue weighted by Crippen LogP contribution is -2.33. The summed E-state index contributed by atoms with van der Waals surface area (Å²) in [6, 6.07) is 2.72. The zero-order valence-corrected chi connectivity index (χ0v) is 13.6. The molecule has 1 aromatic heterocycles. The maximum Gasteiger partial charge on any atom is 0.134 e. The van der Waals surface area contributed by atoms with Crippen LogP contribution in [-0.4, -0.2) is 27.2 Å². The highest BCUT2D eigenvalue weighted by Crippen LogP contribution is 2.34. The predicted octanol–water partition coefficient (Wildman–Crippen LogP) is 3.59. The summed E-state index contributed by atoms with van der Waals surface area (Å²) in [4.78, 5) is 0. The van der Waals surface area contributed by atoms with Gasteiger partial charge >= 0.3 is 0 Å². The first-order valence-corrected chi connectivity index (χ1v) is 7.83. The van der Waals surface area contributed by atoms with Crippen LogP contribution in [0, 0.1) is 18.6 Å². The molecule has 2 heterocycles. The maximum atomic E-state index is 14.1. The van der Waals surface area contributed by atoms with E-state index < -0.39 is 11.6 Å². The van der Waals surface area contributed by atoms with Gasteiger partial charge in [-0.05, 0) is 45.2 Å². The van der Waals surface area contributed by atoms with Gasteiger partial charge < -0.3 is 4.74 Å². The van der Waals surface area contributed by atoms with Crippen molar-refractivity contribution in [3.8, 4) is 0 Å². The van der Waals surface area contributed by atoms with Crippen molar-refractivity contribution in [3.63, 3.8) is 0 Å². The highest BCUT2D eigenvalue weighted by Gasteiger charge is 2.31. The molecule has 0 amide bonds. The van der Waals surface area contributed by atoms with E-state index in [0.717, 1.165) is 18.5 Å². The van der Waals surface area contributed by atoms with E-state index >= 15 is 0 Å². The third kappa shape index (κ3) is 3.42. The van der Waals surface area contributed by atoms with Crippen LogP contribution < -0.4 is 0 Å². The molecule has 0 aliphatic carbocycles. The number of ether oxygens (including phenoxy) is 1. The summed E-state index contributed by atoms with van der Waals surface area (Å²) < 4.78 is 35.2. The summed E-state index contributed by atoms with van der Waals surface area (Å²) in [5.41, 5.74) is 1.12. The summed E-state index contributed by atoms with van der Waals surface area (Å²) in [6.45, 7) is 6.46. The third-order valence-corrected chi connectivity index (χ3v) is 4.37. The van der Waals surface area contributed by atoms with E-state index in [4.69, 9.17) is 4.74 Å². The number of rotatable bonds is 3. The quantitative estimate of drug-likeness (QED) is 0.867. The zero-order valence-electron chi connectivity index (χ0n) is 13.6. The minimum absolute atomic E-state index is 0.0220. The number of aryl methyl sites for hydroxylation is 1. The molecule has 0 N–H and O–H groups in total. The van der Waals surface area contributed by atoms with E-state index in [1.165, 1.54) is 16.8 Å². The smallest absolute Gasteiger partial charge is 0.134 e. The average molecular weight is 321 g/mol.